The number of hydrogen-bond donors (Lipinski definition) is 0. The average Bonchev–Trinajstić information content (AvgIpc) is 2.81. The number of aryl methyl sites for hydroxylation is 1. The normalized spacial score (nSPS) is 16.9. The van der Waals surface area contributed by atoms with Gasteiger partial charge >= 0.3 is 0 Å². The third-order valence-corrected chi connectivity index (χ3v) is 2.65. The lowest BCUT2D eigenvalue weighted by atomic mass is 10.2. The summed E-state index contributed by atoms with van der Waals surface area (Å²) < 4.78 is 5.60. The third kappa shape index (κ3) is 2.97. The third-order valence-electron chi connectivity index (χ3n) is 2.65. The van der Waals surface area contributed by atoms with Crippen molar-refractivity contribution in [3.63, 3.8) is 0 Å². The highest BCUT2D eigenvalue weighted by molar-refractivity contribution is 5.80. The molecule has 1 aromatic rings. The molecule has 1 aliphatic rings. The molecule has 0 radical (unpaired) electrons. The highest BCUT2D eigenvalue weighted by atomic mass is 16.7. The van der Waals surface area contributed by atoms with Gasteiger partial charge in [-0.05, 0) is 38.0 Å². The molecule has 1 heterocycles. The van der Waals surface area contributed by atoms with Crippen LogP contribution in [0.1, 0.15) is 18.9 Å². The van der Waals surface area contributed by atoms with E-state index in [4.69, 9.17) is 9.57 Å². The van der Waals surface area contributed by atoms with Gasteiger partial charge in [-0.3, -0.25) is 9.63 Å². The molecule has 0 aromatic heterocycles. The molecule has 0 saturated carbocycles. The molecular weight excluding hydrogens is 218 g/mol. The van der Waals surface area contributed by atoms with Crippen LogP contribution in [0, 0.1) is 6.92 Å². The molecule has 92 valence electrons. The van der Waals surface area contributed by atoms with Crippen LogP contribution in [-0.4, -0.2) is 30.2 Å². The fourth-order valence-corrected chi connectivity index (χ4v) is 1.77. The van der Waals surface area contributed by atoms with Crippen molar-refractivity contribution in [3.05, 3.63) is 29.8 Å². The SMILES string of the molecule is Cc1cccc(OC(C)C(=O)N2CCCO2)c1. The number of hydrogen-bond acceptors (Lipinski definition) is 3. The average molecular weight is 235 g/mol. The predicted molar refractivity (Wildman–Crippen MR) is 63.6 cm³/mol. The van der Waals surface area contributed by atoms with Crippen molar-refractivity contribution in [2.75, 3.05) is 13.2 Å². The summed E-state index contributed by atoms with van der Waals surface area (Å²) in [6, 6.07) is 7.66. The van der Waals surface area contributed by atoms with E-state index in [1.807, 2.05) is 31.2 Å². The van der Waals surface area contributed by atoms with Crippen LogP contribution in [0.15, 0.2) is 24.3 Å². The summed E-state index contributed by atoms with van der Waals surface area (Å²) in [4.78, 5) is 17.1. The highest BCUT2D eigenvalue weighted by Gasteiger charge is 2.25. The lowest BCUT2D eigenvalue weighted by Crippen LogP contribution is -2.37. The van der Waals surface area contributed by atoms with Crippen LogP contribution >= 0.6 is 0 Å². The maximum Gasteiger partial charge on any atom is 0.286 e. The van der Waals surface area contributed by atoms with Gasteiger partial charge in [-0.1, -0.05) is 12.1 Å². The van der Waals surface area contributed by atoms with E-state index in [0.29, 0.717) is 18.9 Å². The fraction of sp³-hybridized carbons (Fsp3) is 0.462. The minimum absolute atomic E-state index is 0.121. The van der Waals surface area contributed by atoms with E-state index in [9.17, 15) is 4.79 Å². The van der Waals surface area contributed by atoms with Crippen molar-refractivity contribution in [2.45, 2.75) is 26.4 Å². The van der Waals surface area contributed by atoms with Crippen molar-refractivity contribution in [3.8, 4) is 5.75 Å². The number of ether oxygens (including phenoxy) is 1. The summed E-state index contributed by atoms with van der Waals surface area (Å²) in [5.74, 6) is 0.592. The van der Waals surface area contributed by atoms with E-state index in [-0.39, 0.29) is 5.91 Å². The van der Waals surface area contributed by atoms with Crippen molar-refractivity contribution in [1.29, 1.82) is 0 Å². The minimum atomic E-state index is -0.519. The molecule has 1 atom stereocenters. The van der Waals surface area contributed by atoms with Gasteiger partial charge in [0.1, 0.15) is 5.75 Å². The van der Waals surface area contributed by atoms with Gasteiger partial charge in [-0.2, -0.15) is 0 Å². The zero-order valence-electron chi connectivity index (χ0n) is 10.2. The summed E-state index contributed by atoms with van der Waals surface area (Å²) in [5, 5.41) is 1.39. The number of nitrogens with zero attached hydrogens (tertiary/aromatic N) is 1. The molecule has 0 N–H and O–H groups in total. The molecule has 4 nitrogen and oxygen atoms in total. The number of carbonyl (C=O) groups excluding carboxylic acids is 1. The van der Waals surface area contributed by atoms with E-state index in [2.05, 4.69) is 0 Å². The van der Waals surface area contributed by atoms with Crippen molar-refractivity contribution in [2.24, 2.45) is 0 Å². The van der Waals surface area contributed by atoms with Crippen molar-refractivity contribution < 1.29 is 14.4 Å². The van der Waals surface area contributed by atoms with Crippen LogP contribution in [0.25, 0.3) is 0 Å². The molecule has 0 aliphatic carbocycles. The molecule has 1 aromatic carbocycles. The summed E-state index contributed by atoms with van der Waals surface area (Å²) in [6.45, 7) is 5.00. The molecule has 0 bridgehead atoms. The maximum atomic E-state index is 11.9. The second kappa shape index (κ2) is 5.19. The topological polar surface area (TPSA) is 38.8 Å². The molecule has 1 saturated heterocycles. The van der Waals surface area contributed by atoms with Gasteiger partial charge in [-0.25, -0.2) is 5.06 Å². The summed E-state index contributed by atoms with van der Waals surface area (Å²) >= 11 is 0. The van der Waals surface area contributed by atoms with E-state index in [1.54, 1.807) is 6.92 Å². The molecule has 17 heavy (non-hydrogen) atoms. The highest BCUT2D eigenvalue weighted by Crippen LogP contribution is 2.16. The smallest absolute Gasteiger partial charge is 0.286 e. The second-order valence-electron chi connectivity index (χ2n) is 4.20. The van der Waals surface area contributed by atoms with Gasteiger partial charge < -0.3 is 4.74 Å². The Hall–Kier alpha value is -1.55. The molecule has 1 unspecified atom stereocenters. The van der Waals surface area contributed by atoms with Crippen LogP contribution in [0.2, 0.25) is 0 Å². The van der Waals surface area contributed by atoms with Gasteiger partial charge in [0.15, 0.2) is 6.10 Å². The predicted octanol–water partition coefficient (Wildman–Crippen LogP) is 1.93. The van der Waals surface area contributed by atoms with E-state index in [1.165, 1.54) is 5.06 Å². The number of amides is 1. The van der Waals surface area contributed by atoms with Crippen LogP contribution in [0.5, 0.6) is 5.75 Å². The Balaban J connectivity index is 1.96. The number of benzene rings is 1. The summed E-state index contributed by atoms with van der Waals surface area (Å²) in [6.07, 6.45) is 0.373. The molecule has 2 rings (SSSR count). The standard InChI is InChI=1S/C13H17NO3/c1-10-5-3-6-12(9-10)17-11(2)13(15)14-7-4-8-16-14/h3,5-6,9,11H,4,7-8H2,1-2H3. The van der Waals surface area contributed by atoms with Crippen LogP contribution < -0.4 is 4.74 Å². The van der Waals surface area contributed by atoms with Gasteiger partial charge in [0.2, 0.25) is 0 Å². The van der Waals surface area contributed by atoms with E-state index < -0.39 is 6.10 Å². The zero-order valence-corrected chi connectivity index (χ0v) is 10.2. The minimum Gasteiger partial charge on any atom is -0.481 e. The van der Waals surface area contributed by atoms with Gasteiger partial charge in [-0.15, -0.1) is 0 Å². The maximum absolute atomic E-state index is 11.9. The largest absolute Gasteiger partial charge is 0.481 e. The second-order valence-corrected chi connectivity index (χ2v) is 4.20. The fourth-order valence-electron chi connectivity index (χ4n) is 1.77. The molecule has 1 fully saturated rings. The van der Waals surface area contributed by atoms with E-state index >= 15 is 0 Å². The first kappa shape index (κ1) is 11.9. The van der Waals surface area contributed by atoms with Crippen LogP contribution in [0.4, 0.5) is 0 Å². The monoisotopic (exact) mass is 235 g/mol. The first-order valence-corrected chi connectivity index (χ1v) is 5.84. The van der Waals surface area contributed by atoms with Crippen LogP contribution in [0.3, 0.4) is 0 Å². The van der Waals surface area contributed by atoms with Crippen molar-refractivity contribution in [1.82, 2.24) is 5.06 Å². The lowest BCUT2D eigenvalue weighted by molar-refractivity contribution is -0.175. The Bertz CT molecular complexity index is 399. The summed E-state index contributed by atoms with van der Waals surface area (Å²) in [7, 11) is 0. The number of hydroxylamine groups is 2. The molecule has 4 heteroatoms. The number of carbonyl (C=O) groups is 1. The first-order valence-electron chi connectivity index (χ1n) is 5.84. The van der Waals surface area contributed by atoms with Gasteiger partial charge in [0.05, 0.1) is 13.2 Å². The van der Waals surface area contributed by atoms with Crippen LogP contribution in [-0.2, 0) is 9.63 Å². The zero-order chi connectivity index (χ0) is 12.3. The lowest BCUT2D eigenvalue weighted by Gasteiger charge is -2.20. The van der Waals surface area contributed by atoms with Crippen molar-refractivity contribution >= 4 is 5.91 Å². The Morgan fingerprint density at radius 3 is 3.00 bits per heavy atom. The van der Waals surface area contributed by atoms with Gasteiger partial charge in [0.25, 0.3) is 5.91 Å². The number of rotatable bonds is 3. The Labute approximate surface area is 101 Å². The van der Waals surface area contributed by atoms with Gasteiger partial charge in [0, 0.05) is 0 Å². The first-order chi connectivity index (χ1) is 8.16. The Morgan fingerprint density at radius 1 is 1.53 bits per heavy atom. The summed E-state index contributed by atoms with van der Waals surface area (Å²) in [5.41, 5.74) is 1.11. The Kier molecular flexibility index (Phi) is 3.64. The van der Waals surface area contributed by atoms with E-state index in [0.717, 1.165) is 12.0 Å². The molecule has 1 amide bonds. The molecular formula is C13H17NO3. The Morgan fingerprint density at radius 2 is 2.35 bits per heavy atom. The quantitative estimate of drug-likeness (QED) is 0.803. The molecule has 1 aliphatic heterocycles. The molecule has 0 spiro atoms.